The number of carboxylic acids is 1. The van der Waals surface area contributed by atoms with Gasteiger partial charge in [-0.05, 0) is 24.5 Å². The third kappa shape index (κ3) is 3.30. The number of aromatic nitrogens is 4. The number of rotatable bonds is 4. The monoisotopic (exact) mass is 368 g/mol. The maximum Gasteiger partial charge on any atom is 0.358 e. The molecule has 2 aromatic rings. The topological polar surface area (TPSA) is 91.8 Å². The number of pyridine rings is 1. The molecular formula is C17H19F3N4O2. The fourth-order valence-corrected chi connectivity index (χ4v) is 3.39. The highest BCUT2D eigenvalue weighted by Gasteiger charge is 2.43. The summed E-state index contributed by atoms with van der Waals surface area (Å²) in [6.45, 7) is 3.42. The zero-order valence-electron chi connectivity index (χ0n) is 14.4. The molecule has 1 fully saturated rings. The van der Waals surface area contributed by atoms with Gasteiger partial charge in [0.15, 0.2) is 5.69 Å². The standard InChI is InChI=1S/C17H19F3N4O2/c1-9(12-13(15(25)26)23-24-22-12)10-7-11(18)14(21-8-10)16(2)3-5-17(19,20)6-4-16/h7-9H,3-6H2,1-2H3,(H,25,26)(H,22,23,24). The van der Waals surface area contributed by atoms with E-state index < -0.39 is 29.0 Å². The van der Waals surface area contributed by atoms with Crippen LogP contribution < -0.4 is 0 Å². The number of aromatic amines is 1. The van der Waals surface area contributed by atoms with E-state index in [2.05, 4.69) is 20.4 Å². The van der Waals surface area contributed by atoms with Gasteiger partial charge in [-0.2, -0.15) is 10.3 Å². The first-order chi connectivity index (χ1) is 12.1. The number of aromatic carboxylic acids is 1. The minimum absolute atomic E-state index is 0.158. The molecule has 2 N–H and O–H groups in total. The van der Waals surface area contributed by atoms with Crippen molar-refractivity contribution in [3.05, 3.63) is 40.7 Å². The Balaban J connectivity index is 1.88. The van der Waals surface area contributed by atoms with Crippen molar-refractivity contribution >= 4 is 5.97 Å². The van der Waals surface area contributed by atoms with Gasteiger partial charge in [0.25, 0.3) is 0 Å². The average Bonchev–Trinajstić information content (AvgIpc) is 3.07. The molecular weight excluding hydrogens is 349 g/mol. The van der Waals surface area contributed by atoms with E-state index in [1.54, 1.807) is 13.8 Å². The van der Waals surface area contributed by atoms with Gasteiger partial charge in [-0.1, -0.05) is 13.8 Å². The smallest absolute Gasteiger partial charge is 0.358 e. The lowest BCUT2D eigenvalue weighted by molar-refractivity contribution is -0.0506. The van der Waals surface area contributed by atoms with Gasteiger partial charge >= 0.3 is 5.97 Å². The molecule has 2 heterocycles. The minimum atomic E-state index is -2.70. The molecule has 1 saturated carbocycles. The second kappa shape index (κ2) is 6.37. The highest BCUT2D eigenvalue weighted by molar-refractivity contribution is 5.86. The zero-order chi connectivity index (χ0) is 19.1. The number of nitrogens with one attached hydrogen (secondary N) is 1. The van der Waals surface area contributed by atoms with E-state index in [0.29, 0.717) is 5.56 Å². The first-order valence-corrected chi connectivity index (χ1v) is 8.31. The molecule has 0 aromatic carbocycles. The number of hydrogen-bond donors (Lipinski definition) is 2. The predicted octanol–water partition coefficient (Wildman–Crippen LogP) is 3.66. The molecule has 1 atom stereocenters. The fourth-order valence-electron chi connectivity index (χ4n) is 3.39. The maximum atomic E-state index is 14.7. The van der Waals surface area contributed by atoms with Crippen LogP contribution in [0.1, 0.15) is 72.9 Å². The lowest BCUT2D eigenvalue weighted by Crippen LogP contribution is -2.35. The summed E-state index contributed by atoms with van der Waals surface area (Å²) < 4.78 is 41.6. The summed E-state index contributed by atoms with van der Waals surface area (Å²) in [6.07, 6.45) is 1.19. The molecule has 1 aliphatic rings. The molecule has 6 nitrogen and oxygen atoms in total. The Morgan fingerprint density at radius 3 is 2.50 bits per heavy atom. The number of H-pyrrole nitrogens is 1. The van der Waals surface area contributed by atoms with E-state index in [0.717, 1.165) is 0 Å². The Hall–Kier alpha value is -2.45. The van der Waals surface area contributed by atoms with Crippen LogP contribution in [0.4, 0.5) is 13.2 Å². The molecule has 140 valence electrons. The average molecular weight is 368 g/mol. The number of hydrogen-bond acceptors (Lipinski definition) is 4. The largest absolute Gasteiger partial charge is 0.476 e. The fraction of sp³-hybridized carbons (Fsp3) is 0.529. The van der Waals surface area contributed by atoms with Crippen molar-refractivity contribution in [1.82, 2.24) is 20.4 Å². The Labute approximate surface area is 147 Å². The normalized spacial score (nSPS) is 19.9. The first kappa shape index (κ1) is 18.3. The van der Waals surface area contributed by atoms with Gasteiger partial charge in [-0.3, -0.25) is 4.98 Å². The van der Waals surface area contributed by atoms with Crippen LogP contribution in [-0.2, 0) is 5.41 Å². The highest BCUT2D eigenvalue weighted by atomic mass is 19.3. The number of carbonyl (C=O) groups is 1. The van der Waals surface area contributed by atoms with E-state index in [1.807, 2.05) is 0 Å². The second-order valence-corrected chi connectivity index (χ2v) is 7.10. The molecule has 2 aromatic heterocycles. The zero-order valence-corrected chi connectivity index (χ0v) is 14.4. The molecule has 0 bridgehead atoms. The van der Waals surface area contributed by atoms with Crippen molar-refractivity contribution < 1.29 is 23.1 Å². The molecule has 1 unspecified atom stereocenters. The van der Waals surface area contributed by atoms with Crippen LogP contribution >= 0.6 is 0 Å². The first-order valence-electron chi connectivity index (χ1n) is 8.31. The van der Waals surface area contributed by atoms with Gasteiger partial charge in [0, 0.05) is 30.4 Å². The summed E-state index contributed by atoms with van der Waals surface area (Å²) in [4.78, 5) is 15.4. The Bertz CT molecular complexity index is 827. The lowest BCUT2D eigenvalue weighted by atomic mass is 9.71. The van der Waals surface area contributed by atoms with E-state index >= 15 is 0 Å². The Morgan fingerprint density at radius 2 is 1.92 bits per heavy atom. The van der Waals surface area contributed by atoms with Crippen molar-refractivity contribution in [2.24, 2.45) is 0 Å². The summed E-state index contributed by atoms with van der Waals surface area (Å²) in [7, 11) is 0. The van der Waals surface area contributed by atoms with Crippen molar-refractivity contribution in [2.75, 3.05) is 0 Å². The Morgan fingerprint density at radius 1 is 1.27 bits per heavy atom. The molecule has 0 saturated heterocycles. The number of alkyl halides is 2. The van der Waals surface area contributed by atoms with Crippen LogP contribution in [0, 0.1) is 5.82 Å². The quantitative estimate of drug-likeness (QED) is 0.859. The summed E-state index contributed by atoms with van der Waals surface area (Å²) in [5, 5.41) is 18.8. The van der Waals surface area contributed by atoms with E-state index in [-0.39, 0.29) is 42.8 Å². The SMILES string of the molecule is CC(c1cnc(C2(C)CCC(F)(F)CC2)c(F)c1)c1n[nH]nc1C(=O)O. The summed E-state index contributed by atoms with van der Waals surface area (Å²) in [6, 6.07) is 1.27. The number of nitrogens with zero attached hydrogens (tertiary/aromatic N) is 3. The molecule has 0 aliphatic heterocycles. The van der Waals surface area contributed by atoms with E-state index in [1.165, 1.54) is 12.3 Å². The molecule has 1 aliphatic carbocycles. The van der Waals surface area contributed by atoms with E-state index in [9.17, 15) is 18.0 Å². The molecule has 0 spiro atoms. The number of halogens is 3. The van der Waals surface area contributed by atoms with Crippen LogP contribution in [0.3, 0.4) is 0 Å². The van der Waals surface area contributed by atoms with Crippen LogP contribution in [-0.4, -0.2) is 37.4 Å². The molecule has 0 amide bonds. The molecule has 3 rings (SSSR count). The van der Waals surface area contributed by atoms with Gasteiger partial charge in [0.2, 0.25) is 5.92 Å². The van der Waals surface area contributed by atoms with Crippen molar-refractivity contribution in [3.63, 3.8) is 0 Å². The van der Waals surface area contributed by atoms with Gasteiger partial charge < -0.3 is 5.11 Å². The van der Waals surface area contributed by atoms with Gasteiger partial charge in [0.1, 0.15) is 11.5 Å². The molecule has 26 heavy (non-hydrogen) atoms. The van der Waals surface area contributed by atoms with Crippen LogP contribution in [0.15, 0.2) is 12.3 Å². The summed E-state index contributed by atoms with van der Waals surface area (Å²) in [5.41, 5.74) is -0.193. The number of carboxylic acid groups (broad SMARTS) is 1. The van der Waals surface area contributed by atoms with Crippen molar-refractivity contribution in [2.45, 2.75) is 56.8 Å². The summed E-state index contributed by atoms with van der Waals surface area (Å²) >= 11 is 0. The van der Waals surface area contributed by atoms with Crippen LogP contribution in [0.25, 0.3) is 0 Å². The summed E-state index contributed by atoms with van der Waals surface area (Å²) in [5.74, 6) is -5.06. The molecule has 0 radical (unpaired) electrons. The van der Waals surface area contributed by atoms with Crippen LogP contribution in [0.5, 0.6) is 0 Å². The predicted molar refractivity (Wildman–Crippen MR) is 85.8 cm³/mol. The second-order valence-electron chi connectivity index (χ2n) is 7.10. The van der Waals surface area contributed by atoms with Crippen LogP contribution in [0.2, 0.25) is 0 Å². The van der Waals surface area contributed by atoms with Crippen molar-refractivity contribution in [3.8, 4) is 0 Å². The third-order valence-electron chi connectivity index (χ3n) is 5.21. The molecule has 9 heteroatoms. The van der Waals surface area contributed by atoms with E-state index in [4.69, 9.17) is 5.11 Å². The van der Waals surface area contributed by atoms with Gasteiger partial charge in [0.05, 0.1) is 5.69 Å². The Kier molecular flexibility index (Phi) is 4.49. The lowest BCUT2D eigenvalue weighted by Gasteiger charge is -2.37. The van der Waals surface area contributed by atoms with Gasteiger partial charge in [-0.25, -0.2) is 18.0 Å². The highest BCUT2D eigenvalue weighted by Crippen LogP contribution is 2.45. The van der Waals surface area contributed by atoms with Gasteiger partial charge in [-0.15, -0.1) is 5.10 Å². The maximum absolute atomic E-state index is 14.7. The minimum Gasteiger partial charge on any atom is -0.476 e. The third-order valence-corrected chi connectivity index (χ3v) is 5.21. The van der Waals surface area contributed by atoms with Crippen molar-refractivity contribution in [1.29, 1.82) is 0 Å².